The highest BCUT2D eigenvalue weighted by atomic mass is 19.2. The zero-order chi connectivity index (χ0) is 20.5. The van der Waals surface area contributed by atoms with Crippen LogP contribution >= 0.6 is 0 Å². The second kappa shape index (κ2) is 7.74. The number of ether oxygens (including phenoxy) is 3. The van der Waals surface area contributed by atoms with E-state index in [1.54, 1.807) is 0 Å². The van der Waals surface area contributed by atoms with Crippen LogP contribution in [-0.2, 0) is 19.0 Å². The summed E-state index contributed by atoms with van der Waals surface area (Å²) in [6.07, 6.45) is -3.14. The van der Waals surface area contributed by atoms with E-state index in [1.807, 2.05) is 11.9 Å². The van der Waals surface area contributed by atoms with Gasteiger partial charge in [0.05, 0.1) is 5.41 Å². The zero-order valence-corrected chi connectivity index (χ0v) is 15.3. The van der Waals surface area contributed by atoms with Gasteiger partial charge in [-0.3, -0.25) is 19.1 Å². The van der Waals surface area contributed by atoms with E-state index < -0.39 is 53.5 Å². The molecule has 1 aromatic rings. The molecule has 3 N–H and O–H groups in total. The Hall–Kier alpha value is -2.08. The molecule has 0 spiro atoms. The van der Waals surface area contributed by atoms with E-state index >= 15 is 4.39 Å². The first-order chi connectivity index (χ1) is 13.2. The number of hydrogen-bond acceptors (Lipinski definition) is 8. The highest BCUT2D eigenvalue weighted by molar-refractivity contribution is 5.77. The summed E-state index contributed by atoms with van der Waals surface area (Å²) in [6, 6.07) is 0.984. The second-order valence-electron chi connectivity index (χ2n) is 7.07. The molecule has 0 radical (unpaired) electrons. The summed E-state index contributed by atoms with van der Waals surface area (Å²) in [5.41, 5.74) is -2.43. The highest BCUT2D eigenvalue weighted by Gasteiger charge is 2.57. The van der Waals surface area contributed by atoms with Crippen molar-refractivity contribution in [2.24, 2.45) is 5.41 Å². The van der Waals surface area contributed by atoms with Gasteiger partial charge < -0.3 is 24.4 Å². The molecule has 0 unspecified atom stereocenters. The summed E-state index contributed by atoms with van der Waals surface area (Å²) in [6.45, 7) is 1.64. The average molecular weight is 402 g/mol. The third kappa shape index (κ3) is 3.62. The van der Waals surface area contributed by atoms with E-state index in [9.17, 15) is 24.6 Å². The lowest BCUT2D eigenvalue weighted by molar-refractivity contribution is -0.222. The molecule has 156 valence electrons. The normalized spacial score (nSPS) is 32.2. The lowest BCUT2D eigenvalue weighted by atomic mass is 9.78. The molecular weight excluding hydrogens is 379 g/mol. The molecule has 28 heavy (non-hydrogen) atoms. The van der Waals surface area contributed by atoms with E-state index in [-0.39, 0.29) is 0 Å². The minimum atomic E-state index is -2.92. The van der Waals surface area contributed by atoms with Crippen molar-refractivity contribution in [1.82, 2.24) is 9.55 Å². The predicted molar refractivity (Wildman–Crippen MR) is 91.0 cm³/mol. The van der Waals surface area contributed by atoms with Crippen LogP contribution in [0.1, 0.15) is 32.4 Å². The lowest BCUT2D eigenvalue weighted by Gasteiger charge is -2.34. The first kappa shape index (κ1) is 20.6. The monoisotopic (exact) mass is 402 g/mol. The maximum absolute atomic E-state index is 15.1. The first-order valence-corrected chi connectivity index (χ1v) is 9.02. The van der Waals surface area contributed by atoms with Crippen LogP contribution in [-0.4, -0.2) is 63.6 Å². The molecule has 11 heteroatoms. The minimum absolute atomic E-state index is 0.388. The Bertz CT molecular complexity index is 833. The van der Waals surface area contributed by atoms with Crippen molar-refractivity contribution in [2.45, 2.75) is 50.5 Å². The molecule has 0 bridgehead atoms. The molecule has 3 heterocycles. The number of aromatic amines is 1. The summed E-state index contributed by atoms with van der Waals surface area (Å²) in [5, 5.41) is 20.2. The van der Waals surface area contributed by atoms with Gasteiger partial charge in [0.25, 0.3) is 11.4 Å². The Balaban J connectivity index is 1.74. The highest BCUT2D eigenvalue weighted by Crippen LogP contribution is 2.40. The number of H-pyrrole nitrogens is 1. The van der Waals surface area contributed by atoms with Gasteiger partial charge in [0.1, 0.15) is 12.2 Å². The van der Waals surface area contributed by atoms with E-state index in [0.29, 0.717) is 32.5 Å². The Morgan fingerprint density at radius 3 is 2.68 bits per heavy atom. The molecule has 4 atom stereocenters. The van der Waals surface area contributed by atoms with Gasteiger partial charge in [-0.05, 0) is 19.3 Å². The first-order valence-electron chi connectivity index (χ1n) is 9.02. The van der Waals surface area contributed by atoms with Crippen molar-refractivity contribution in [2.75, 3.05) is 19.8 Å². The summed E-state index contributed by atoms with van der Waals surface area (Å²) >= 11 is 0. The van der Waals surface area contributed by atoms with Crippen molar-refractivity contribution in [3.05, 3.63) is 33.1 Å². The van der Waals surface area contributed by atoms with Crippen LogP contribution in [0, 0.1) is 5.41 Å². The number of aromatic nitrogens is 2. The molecule has 2 aliphatic heterocycles. The Labute approximate surface area is 158 Å². The van der Waals surface area contributed by atoms with Gasteiger partial charge in [0.15, 0.2) is 12.8 Å². The molecule has 2 fully saturated rings. The van der Waals surface area contributed by atoms with Crippen molar-refractivity contribution < 1.29 is 33.6 Å². The topological polar surface area (TPSA) is 140 Å². The van der Waals surface area contributed by atoms with E-state index in [4.69, 9.17) is 14.2 Å². The number of aliphatic hydroxyl groups is 2. The lowest BCUT2D eigenvalue weighted by Crippen LogP contribution is -2.46. The number of esters is 1. The van der Waals surface area contributed by atoms with Gasteiger partial charge >= 0.3 is 11.7 Å². The number of alkyl halides is 1. The van der Waals surface area contributed by atoms with Gasteiger partial charge in [-0.15, -0.1) is 0 Å². The van der Waals surface area contributed by atoms with E-state index in [2.05, 4.69) is 0 Å². The van der Waals surface area contributed by atoms with E-state index in [0.717, 1.165) is 16.8 Å². The SMILES string of the molecule is CCC1(C(=O)OC[C@@]2(F)O[C@@H](n3ccc(=O)[nH]c3=O)[C@H](O)[C@@H]2O)CCOCC1. The van der Waals surface area contributed by atoms with Gasteiger partial charge in [-0.2, -0.15) is 0 Å². The number of carbonyl (C=O) groups is 1. The third-order valence-electron chi connectivity index (χ3n) is 5.46. The van der Waals surface area contributed by atoms with Crippen LogP contribution < -0.4 is 11.2 Å². The molecule has 2 saturated heterocycles. The van der Waals surface area contributed by atoms with Crippen molar-refractivity contribution in [1.29, 1.82) is 0 Å². The average Bonchev–Trinajstić information content (AvgIpc) is 2.91. The van der Waals surface area contributed by atoms with Crippen molar-refractivity contribution in [3.63, 3.8) is 0 Å². The molecule has 1 aromatic heterocycles. The molecule has 0 saturated carbocycles. The molecule has 3 rings (SSSR count). The summed E-state index contributed by atoms with van der Waals surface area (Å²) in [5.74, 6) is -3.56. The Morgan fingerprint density at radius 1 is 1.39 bits per heavy atom. The smallest absolute Gasteiger partial charge is 0.330 e. The Kier molecular flexibility index (Phi) is 5.71. The van der Waals surface area contributed by atoms with Crippen LogP contribution in [0.15, 0.2) is 21.9 Å². The molecule has 0 aliphatic carbocycles. The fourth-order valence-electron chi connectivity index (χ4n) is 3.50. The molecule has 2 aliphatic rings. The fraction of sp³-hybridized carbons (Fsp3) is 0.706. The minimum Gasteiger partial charge on any atom is -0.459 e. The van der Waals surface area contributed by atoms with Crippen molar-refractivity contribution in [3.8, 4) is 0 Å². The van der Waals surface area contributed by atoms with E-state index in [1.165, 1.54) is 0 Å². The molecular formula is C17H23FN2O8. The largest absolute Gasteiger partial charge is 0.459 e. The number of nitrogens with one attached hydrogen (secondary N) is 1. The number of halogens is 1. The van der Waals surface area contributed by atoms with Crippen LogP contribution in [0.3, 0.4) is 0 Å². The molecule has 10 nitrogen and oxygen atoms in total. The number of aliphatic hydroxyl groups excluding tert-OH is 2. The number of carbonyl (C=O) groups excluding carboxylic acids is 1. The number of hydrogen-bond donors (Lipinski definition) is 3. The van der Waals surface area contributed by atoms with Gasteiger partial charge in [-0.25, -0.2) is 9.18 Å². The van der Waals surface area contributed by atoms with Crippen LogP contribution in [0.5, 0.6) is 0 Å². The fourth-order valence-corrected chi connectivity index (χ4v) is 3.50. The number of nitrogens with zero attached hydrogens (tertiary/aromatic N) is 1. The van der Waals surface area contributed by atoms with Crippen LogP contribution in [0.4, 0.5) is 4.39 Å². The Morgan fingerprint density at radius 2 is 2.07 bits per heavy atom. The second-order valence-corrected chi connectivity index (χ2v) is 7.07. The van der Waals surface area contributed by atoms with Gasteiger partial charge in [0, 0.05) is 25.5 Å². The van der Waals surface area contributed by atoms with Gasteiger partial charge in [0.2, 0.25) is 0 Å². The summed E-state index contributed by atoms with van der Waals surface area (Å²) < 4.78 is 31.3. The number of rotatable bonds is 5. The summed E-state index contributed by atoms with van der Waals surface area (Å²) in [4.78, 5) is 37.5. The molecule has 0 amide bonds. The van der Waals surface area contributed by atoms with Gasteiger partial charge in [-0.1, -0.05) is 6.92 Å². The van der Waals surface area contributed by atoms with Crippen LogP contribution in [0.25, 0.3) is 0 Å². The zero-order valence-electron chi connectivity index (χ0n) is 15.3. The maximum Gasteiger partial charge on any atom is 0.330 e. The predicted octanol–water partition coefficient (Wildman–Crippen LogP) is -0.797. The quantitative estimate of drug-likeness (QED) is 0.544. The standard InChI is InChI=1S/C17H23FN2O8/c1-2-16(4-7-26-8-5-16)14(24)27-9-17(18)12(23)11(22)13(28-17)20-6-3-10(21)19-15(20)25/h3,6,11-13,22-23H,2,4-5,7-9H2,1H3,(H,19,21,25)/t11-,12+,13-,17-/m1/s1. The third-order valence-corrected chi connectivity index (χ3v) is 5.46. The molecule has 0 aromatic carbocycles. The summed E-state index contributed by atoms with van der Waals surface area (Å²) in [7, 11) is 0. The van der Waals surface area contributed by atoms with Crippen LogP contribution in [0.2, 0.25) is 0 Å². The van der Waals surface area contributed by atoms with Crippen molar-refractivity contribution >= 4 is 5.97 Å². The maximum atomic E-state index is 15.1.